The Bertz CT molecular complexity index is 936. The van der Waals surface area contributed by atoms with Gasteiger partial charge in [-0.25, -0.2) is 5.43 Å². The molecule has 6 heteroatoms. The van der Waals surface area contributed by atoms with E-state index in [0.29, 0.717) is 5.56 Å². The van der Waals surface area contributed by atoms with Crippen molar-refractivity contribution in [3.8, 4) is 5.75 Å². The molecule has 0 aliphatic carbocycles. The Morgan fingerprint density at radius 2 is 1.92 bits per heavy atom. The Kier molecular flexibility index (Phi) is 5.49. The second-order valence-corrected chi connectivity index (χ2v) is 6.62. The van der Waals surface area contributed by atoms with Crippen molar-refractivity contribution in [1.82, 2.24) is 5.43 Å². The topological polar surface area (TPSA) is 73.7 Å². The highest BCUT2D eigenvalue weighted by Crippen LogP contribution is 2.22. The molecule has 0 atom stereocenters. The van der Waals surface area contributed by atoms with Gasteiger partial charge in [-0.2, -0.15) is 5.10 Å². The van der Waals surface area contributed by atoms with E-state index in [0.717, 1.165) is 20.0 Å². The van der Waals surface area contributed by atoms with E-state index < -0.39 is 0 Å². The monoisotopic (exact) mass is 445 g/mol. The van der Waals surface area contributed by atoms with Crippen molar-refractivity contribution in [2.45, 2.75) is 0 Å². The number of nitrogens with zero attached hydrogens (tertiary/aromatic N) is 1. The Balaban J connectivity index is 1.59. The van der Waals surface area contributed by atoms with E-state index in [2.05, 4.69) is 38.4 Å². The summed E-state index contributed by atoms with van der Waals surface area (Å²) >= 11 is 2.14. The first kappa shape index (κ1) is 17.2. The molecule has 0 saturated carbocycles. The largest absolute Gasteiger partial charge is 0.507 e. The van der Waals surface area contributed by atoms with Gasteiger partial charge in [0.2, 0.25) is 0 Å². The van der Waals surface area contributed by atoms with E-state index in [1.165, 1.54) is 6.21 Å². The van der Waals surface area contributed by atoms with Crippen molar-refractivity contribution < 1.29 is 9.90 Å². The first-order chi connectivity index (χ1) is 12.1. The van der Waals surface area contributed by atoms with Gasteiger partial charge in [0.1, 0.15) is 5.75 Å². The maximum Gasteiger partial charge on any atom is 0.259 e. The van der Waals surface area contributed by atoms with Crippen LogP contribution in [0.25, 0.3) is 10.8 Å². The number of hydrogen-bond acceptors (Lipinski definition) is 4. The summed E-state index contributed by atoms with van der Waals surface area (Å²) in [4.78, 5) is 11.9. The zero-order valence-corrected chi connectivity index (χ0v) is 15.4. The number of carbonyl (C=O) groups is 1. The second-order valence-electron chi connectivity index (χ2n) is 5.38. The molecule has 0 saturated heterocycles. The van der Waals surface area contributed by atoms with Crippen LogP contribution in [0.4, 0.5) is 5.69 Å². The Morgan fingerprint density at radius 1 is 1.12 bits per heavy atom. The smallest absolute Gasteiger partial charge is 0.259 e. The number of anilines is 1. The van der Waals surface area contributed by atoms with Crippen molar-refractivity contribution >= 4 is 51.2 Å². The molecule has 126 valence electrons. The van der Waals surface area contributed by atoms with Gasteiger partial charge < -0.3 is 10.4 Å². The summed E-state index contributed by atoms with van der Waals surface area (Å²) < 4.78 is 0.973. The summed E-state index contributed by atoms with van der Waals surface area (Å²) in [7, 11) is 0. The lowest BCUT2D eigenvalue weighted by molar-refractivity contribution is -0.119. The van der Waals surface area contributed by atoms with Gasteiger partial charge in [-0.3, -0.25) is 4.79 Å². The summed E-state index contributed by atoms with van der Waals surface area (Å²) in [6, 6.07) is 19.0. The quantitative estimate of drug-likeness (QED) is 0.319. The molecule has 0 spiro atoms. The number of halogens is 1. The van der Waals surface area contributed by atoms with Crippen LogP contribution in [0.1, 0.15) is 5.56 Å². The molecule has 0 fully saturated rings. The third-order valence-electron chi connectivity index (χ3n) is 3.61. The third kappa shape index (κ3) is 4.48. The molecule has 3 N–H and O–H groups in total. The third-order valence-corrected chi connectivity index (χ3v) is 4.28. The maximum absolute atomic E-state index is 11.9. The number of nitrogens with one attached hydrogen (secondary N) is 2. The zero-order chi connectivity index (χ0) is 17.6. The summed E-state index contributed by atoms with van der Waals surface area (Å²) in [6.07, 6.45) is 1.42. The fraction of sp³-hybridized carbons (Fsp3) is 0.0526. The van der Waals surface area contributed by atoms with E-state index in [4.69, 9.17) is 0 Å². The van der Waals surface area contributed by atoms with Crippen LogP contribution in [0.3, 0.4) is 0 Å². The van der Waals surface area contributed by atoms with Crippen molar-refractivity contribution in [1.29, 1.82) is 0 Å². The molecule has 3 aromatic rings. The van der Waals surface area contributed by atoms with Crippen LogP contribution in [0.2, 0.25) is 0 Å². The number of benzene rings is 3. The van der Waals surface area contributed by atoms with Crippen LogP contribution >= 0.6 is 22.6 Å². The van der Waals surface area contributed by atoms with Gasteiger partial charge in [-0.15, -0.1) is 0 Å². The lowest BCUT2D eigenvalue weighted by Gasteiger charge is -2.08. The number of fused-ring (bicyclic) bond motifs is 1. The molecule has 0 radical (unpaired) electrons. The molecule has 25 heavy (non-hydrogen) atoms. The van der Waals surface area contributed by atoms with Crippen molar-refractivity contribution in [3.63, 3.8) is 0 Å². The summed E-state index contributed by atoms with van der Waals surface area (Å²) in [5, 5.41) is 18.9. The molecule has 0 aliphatic rings. The standard InChI is InChI=1S/C19H16IN3O2/c20-15-8-9-18(24)14(10-15)11-22-23-19(25)12-21-17-7-3-5-13-4-1-2-6-16(13)17/h1-11,21,24H,12H2,(H,23,25). The van der Waals surface area contributed by atoms with Gasteiger partial charge in [0.05, 0.1) is 12.8 Å². The summed E-state index contributed by atoms with van der Waals surface area (Å²) in [6.45, 7) is 0.101. The molecule has 0 aromatic heterocycles. The van der Waals surface area contributed by atoms with Crippen LogP contribution in [0.15, 0.2) is 65.8 Å². The van der Waals surface area contributed by atoms with Gasteiger partial charge in [-0.05, 0) is 52.2 Å². The van der Waals surface area contributed by atoms with E-state index >= 15 is 0 Å². The highest BCUT2D eigenvalue weighted by Gasteiger charge is 2.03. The number of hydrazone groups is 1. The molecule has 0 aliphatic heterocycles. The molecule has 3 rings (SSSR count). The van der Waals surface area contributed by atoms with E-state index in [-0.39, 0.29) is 18.2 Å². The van der Waals surface area contributed by atoms with Gasteiger partial charge in [-0.1, -0.05) is 36.4 Å². The normalized spacial score (nSPS) is 10.9. The first-order valence-corrected chi connectivity index (χ1v) is 8.73. The number of carbonyl (C=O) groups excluding carboxylic acids is 1. The molecule has 5 nitrogen and oxygen atoms in total. The van der Waals surface area contributed by atoms with Crippen LogP contribution < -0.4 is 10.7 Å². The fourth-order valence-electron chi connectivity index (χ4n) is 2.40. The Labute approximate surface area is 158 Å². The van der Waals surface area contributed by atoms with Crippen LogP contribution in [-0.4, -0.2) is 23.8 Å². The van der Waals surface area contributed by atoms with Gasteiger partial charge in [0.15, 0.2) is 0 Å². The predicted octanol–water partition coefficient (Wildman–Crippen LogP) is 3.71. The van der Waals surface area contributed by atoms with Crippen LogP contribution in [0, 0.1) is 3.57 Å². The van der Waals surface area contributed by atoms with E-state index in [1.54, 1.807) is 18.2 Å². The highest BCUT2D eigenvalue weighted by molar-refractivity contribution is 14.1. The maximum atomic E-state index is 11.9. The molecule has 0 heterocycles. The SMILES string of the molecule is O=C(CNc1cccc2ccccc12)NN=Cc1cc(I)ccc1O. The minimum absolute atomic E-state index is 0.101. The molecular formula is C19H16IN3O2. The number of rotatable bonds is 5. The average molecular weight is 445 g/mol. The predicted molar refractivity (Wildman–Crippen MR) is 109 cm³/mol. The summed E-state index contributed by atoms with van der Waals surface area (Å²) in [5.74, 6) is -0.151. The van der Waals surface area contributed by atoms with Gasteiger partial charge in [0, 0.05) is 20.2 Å². The fourth-order valence-corrected chi connectivity index (χ4v) is 2.91. The van der Waals surface area contributed by atoms with Crippen LogP contribution in [-0.2, 0) is 4.79 Å². The molecule has 1 amide bonds. The average Bonchev–Trinajstić information content (AvgIpc) is 2.63. The van der Waals surface area contributed by atoms with Gasteiger partial charge in [0.25, 0.3) is 5.91 Å². The number of amides is 1. The lowest BCUT2D eigenvalue weighted by atomic mass is 10.1. The Morgan fingerprint density at radius 3 is 2.80 bits per heavy atom. The van der Waals surface area contributed by atoms with Crippen molar-refractivity contribution in [2.24, 2.45) is 5.10 Å². The zero-order valence-electron chi connectivity index (χ0n) is 13.2. The molecule has 0 bridgehead atoms. The van der Waals surface area contributed by atoms with Crippen LogP contribution in [0.5, 0.6) is 5.75 Å². The second kappa shape index (κ2) is 7.98. The number of phenols is 1. The van der Waals surface area contributed by atoms with E-state index in [1.807, 2.05) is 42.5 Å². The lowest BCUT2D eigenvalue weighted by Crippen LogP contribution is -2.25. The first-order valence-electron chi connectivity index (χ1n) is 7.65. The van der Waals surface area contributed by atoms with Crippen molar-refractivity contribution in [2.75, 3.05) is 11.9 Å². The number of aromatic hydroxyl groups is 1. The highest BCUT2D eigenvalue weighted by atomic mass is 127. The molecule has 3 aromatic carbocycles. The van der Waals surface area contributed by atoms with E-state index in [9.17, 15) is 9.90 Å². The number of hydrogen-bond donors (Lipinski definition) is 3. The molecular weight excluding hydrogens is 429 g/mol. The molecule has 0 unspecified atom stereocenters. The minimum Gasteiger partial charge on any atom is -0.507 e. The summed E-state index contributed by atoms with van der Waals surface area (Å²) in [5.41, 5.74) is 3.90. The van der Waals surface area contributed by atoms with Crippen molar-refractivity contribution in [3.05, 3.63) is 69.8 Å². The Hall–Kier alpha value is -2.61. The minimum atomic E-state index is -0.269. The number of phenolic OH excluding ortho intramolecular Hbond substituents is 1. The van der Waals surface area contributed by atoms with Gasteiger partial charge >= 0.3 is 0 Å².